The molecular weight excluding hydrogens is 345 g/mol. The molecule has 0 aliphatic heterocycles. The third kappa shape index (κ3) is 4.05. The van der Waals surface area contributed by atoms with E-state index >= 15 is 0 Å². The van der Waals surface area contributed by atoms with Gasteiger partial charge in [0.1, 0.15) is 5.82 Å². The van der Waals surface area contributed by atoms with Crippen LogP contribution in [0.3, 0.4) is 0 Å². The molecule has 0 aliphatic rings. The number of rotatable bonds is 5. The van der Waals surface area contributed by atoms with Gasteiger partial charge in [0.2, 0.25) is 0 Å². The van der Waals surface area contributed by atoms with Gasteiger partial charge in [-0.05, 0) is 30.3 Å². The van der Waals surface area contributed by atoms with Gasteiger partial charge in [0, 0.05) is 20.8 Å². The minimum atomic E-state index is -0.300. The van der Waals surface area contributed by atoms with E-state index in [0.29, 0.717) is 16.7 Å². The van der Waals surface area contributed by atoms with E-state index in [1.54, 1.807) is 12.1 Å². The Hall–Kier alpha value is -1.40. The van der Waals surface area contributed by atoms with Gasteiger partial charge in [-0.25, -0.2) is 4.39 Å². The summed E-state index contributed by atoms with van der Waals surface area (Å²) in [6, 6.07) is 8.69. The maximum absolute atomic E-state index is 13.6. The molecule has 0 amide bonds. The number of carbonyl (C=O) groups is 1. The molecule has 3 nitrogen and oxygen atoms in total. The van der Waals surface area contributed by atoms with Crippen LogP contribution in [0.15, 0.2) is 34.8 Å². The highest BCUT2D eigenvalue weighted by Crippen LogP contribution is 2.22. The lowest BCUT2D eigenvalue weighted by atomic mass is 10.3. The van der Waals surface area contributed by atoms with Crippen LogP contribution in [0.4, 0.5) is 10.1 Å². The fraction of sp³-hybridized carbons (Fsp3) is 0.214. The summed E-state index contributed by atoms with van der Waals surface area (Å²) in [4.78, 5) is 13.1. The van der Waals surface area contributed by atoms with Crippen LogP contribution in [0.5, 0.6) is 0 Å². The molecule has 6 heteroatoms. The van der Waals surface area contributed by atoms with Crippen LogP contribution in [0.2, 0.25) is 0 Å². The van der Waals surface area contributed by atoms with E-state index in [2.05, 4.69) is 26.0 Å². The molecule has 0 aliphatic carbocycles. The van der Waals surface area contributed by atoms with E-state index in [9.17, 15) is 9.18 Å². The smallest absolute Gasteiger partial charge is 0.310 e. The molecule has 0 radical (unpaired) electrons. The Kier molecular flexibility index (Phi) is 5.14. The van der Waals surface area contributed by atoms with Gasteiger partial charge < -0.3 is 10.1 Å². The summed E-state index contributed by atoms with van der Waals surface area (Å²) >= 11 is 4.73. The van der Waals surface area contributed by atoms with Crippen molar-refractivity contribution in [3.63, 3.8) is 0 Å². The monoisotopic (exact) mass is 357 g/mol. The van der Waals surface area contributed by atoms with Crippen LogP contribution in [-0.2, 0) is 22.5 Å². The van der Waals surface area contributed by atoms with Crippen molar-refractivity contribution in [3.05, 3.63) is 50.4 Å². The summed E-state index contributed by atoms with van der Waals surface area (Å²) in [6.45, 7) is 0.518. The number of benzene rings is 1. The number of thiophene rings is 1. The Morgan fingerprint density at radius 1 is 1.35 bits per heavy atom. The van der Waals surface area contributed by atoms with Crippen molar-refractivity contribution in [1.82, 2.24) is 0 Å². The van der Waals surface area contributed by atoms with E-state index in [0.717, 1.165) is 9.75 Å². The average molecular weight is 358 g/mol. The van der Waals surface area contributed by atoms with Crippen molar-refractivity contribution in [2.45, 2.75) is 13.0 Å². The maximum Gasteiger partial charge on any atom is 0.310 e. The maximum atomic E-state index is 13.6. The van der Waals surface area contributed by atoms with Crippen molar-refractivity contribution in [1.29, 1.82) is 0 Å². The second-order valence-corrected chi connectivity index (χ2v) is 6.27. The SMILES string of the molecule is COC(=O)Cc1ccc(CNc2ccc(Br)cc2F)s1. The molecule has 0 fully saturated rings. The molecular formula is C14H13BrFNO2S. The normalized spacial score (nSPS) is 10.3. The van der Waals surface area contributed by atoms with E-state index in [4.69, 9.17) is 0 Å². The van der Waals surface area contributed by atoms with Crippen LogP contribution in [0, 0.1) is 5.82 Å². The minimum Gasteiger partial charge on any atom is -0.469 e. The van der Waals surface area contributed by atoms with Crippen LogP contribution in [0.25, 0.3) is 0 Å². The lowest BCUT2D eigenvalue weighted by molar-refractivity contribution is -0.139. The van der Waals surface area contributed by atoms with E-state index in [1.807, 2.05) is 12.1 Å². The number of methoxy groups -OCH3 is 1. The topological polar surface area (TPSA) is 38.3 Å². The molecule has 2 aromatic rings. The number of halogens is 2. The lowest BCUT2D eigenvalue weighted by Crippen LogP contribution is -2.02. The first-order valence-corrected chi connectivity index (χ1v) is 7.53. The van der Waals surface area contributed by atoms with Gasteiger partial charge in [-0.2, -0.15) is 0 Å². The number of nitrogens with one attached hydrogen (secondary N) is 1. The van der Waals surface area contributed by atoms with Crippen molar-refractivity contribution in [2.75, 3.05) is 12.4 Å². The van der Waals surface area contributed by atoms with Gasteiger partial charge in [0.05, 0.1) is 19.2 Å². The van der Waals surface area contributed by atoms with E-state index in [1.165, 1.54) is 24.5 Å². The second-order valence-electron chi connectivity index (χ2n) is 4.10. The summed E-state index contributed by atoms with van der Waals surface area (Å²) in [5.41, 5.74) is 0.455. The first kappa shape index (κ1) is 15.0. The Morgan fingerprint density at radius 2 is 2.10 bits per heavy atom. The molecule has 0 atom stereocenters. The molecule has 1 N–H and O–H groups in total. The predicted octanol–water partition coefficient (Wildman–Crippen LogP) is 3.98. The van der Waals surface area contributed by atoms with Crippen LogP contribution < -0.4 is 5.32 Å². The molecule has 0 bridgehead atoms. The molecule has 1 heterocycles. The molecule has 20 heavy (non-hydrogen) atoms. The average Bonchev–Trinajstić information content (AvgIpc) is 2.85. The third-order valence-corrected chi connectivity index (χ3v) is 4.23. The number of anilines is 1. The molecule has 0 saturated heterocycles. The number of hydrogen-bond acceptors (Lipinski definition) is 4. The van der Waals surface area contributed by atoms with Gasteiger partial charge in [0.25, 0.3) is 0 Å². The summed E-state index contributed by atoms with van der Waals surface area (Å²) in [6.07, 6.45) is 0.272. The third-order valence-electron chi connectivity index (χ3n) is 2.65. The number of ether oxygens (including phenoxy) is 1. The second kappa shape index (κ2) is 6.85. The molecule has 0 unspecified atom stereocenters. The van der Waals surface area contributed by atoms with Crippen LogP contribution in [-0.4, -0.2) is 13.1 Å². The van der Waals surface area contributed by atoms with Gasteiger partial charge in [-0.1, -0.05) is 15.9 Å². The van der Waals surface area contributed by atoms with Crippen molar-refractivity contribution < 1.29 is 13.9 Å². The molecule has 1 aromatic carbocycles. The zero-order valence-corrected chi connectivity index (χ0v) is 13.2. The van der Waals surface area contributed by atoms with E-state index in [-0.39, 0.29) is 18.2 Å². The number of hydrogen-bond donors (Lipinski definition) is 1. The summed E-state index contributed by atoms with van der Waals surface area (Å²) in [5.74, 6) is -0.559. The van der Waals surface area contributed by atoms with Crippen LogP contribution >= 0.6 is 27.3 Å². The largest absolute Gasteiger partial charge is 0.469 e. The Balaban J connectivity index is 1.95. The fourth-order valence-electron chi connectivity index (χ4n) is 1.64. The molecule has 0 saturated carbocycles. The minimum absolute atomic E-state index is 0.259. The van der Waals surface area contributed by atoms with Gasteiger partial charge in [-0.15, -0.1) is 11.3 Å². The van der Waals surface area contributed by atoms with Crippen molar-refractivity contribution in [2.24, 2.45) is 0 Å². The first-order chi connectivity index (χ1) is 9.58. The molecule has 0 spiro atoms. The highest BCUT2D eigenvalue weighted by Gasteiger charge is 2.07. The predicted molar refractivity (Wildman–Crippen MR) is 81.5 cm³/mol. The molecule has 2 rings (SSSR count). The van der Waals surface area contributed by atoms with Gasteiger partial charge >= 0.3 is 5.97 Å². The summed E-state index contributed by atoms with van der Waals surface area (Å²) < 4.78 is 18.9. The van der Waals surface area contributed by atoms with Gasteiger partial charge in [-0.3, -0.25) is 4.79 Å². The molecule has 106 valence electrons. The van der Waals surface area contributed by atoms with Crippen molar-refractivity contribution >= 4 is 38.9 Å². The van der Waals surface area contributed by atoms with Crippen LogP contribution in [0.1, 0.15) is 9.75 Å². The van der Waals surface area contributed by atoms with Crippen molar-refractivity contribution in [3.8, 4) is 0 Å². The standard InChI is InChI=1S/C14H13BrFNO2S/c1-19-14(18)7-10-3-4-11(20-10)8-17-13-5-2-9(15)6-12(13)16/h2-6,17H,7-8H2,1H3. The summed E-state index contributed by atoms with van der Waals surface area (Å²) in [7, 11) is 1.37. The quantitative estimate of drug-likeness (QED) is 0.822. The van der Waals surface area contributed by atoms with Gasteiger partial charge in [0.15, 0.2) is 0 Å². The Morgan fingerprint density at radius 3 is 2.80 bits per heavy atom. The number of carbonyl (C=O) groups excluding carboxylic acids is 1. The summed E-state index contributed by atoms with van der Waals surface area (Å²) in [5, 5.41) is 3.04. The lowest BCUT2D eigenvalue weighted by Gasteiger charge is -2.06. The fourth-order valence-corrected chi connectivity index (χ4v) is 2.92. The zero-order chi connectivity index (χ0) is 14.5. The number of esters is 1. The highest BCUT2D eigenvalue weighted by molar-refractivity contribution is 9.10. The van der Waals surface area contributed by atoms with E-state index < -0.39 is 0 Å². The zero-order valence-electron chi connectivity index (χ0n) is 10.8. The Bertz CT molecular complexity index is 615. The first-order valence-electron chi connectivity index (χ1n) is 5.92. The molecule has 1 aromatic heterocycles. The Labute approximate surface area is 128 Å². The highest BCUT2D eigenvalue weighted by atomic mass is 79.9.